The van der Waals surface area contributed by atoms with Crippen LogP contribution in [0.1, 0.15) is 17.3 Å². The van der Waals surface area contributed by atoms with Crippen LogP contribution in [-0.4, -0.2) is 36.4 Å². The largest absolute Gasteiger partial charge is 0.399 e. The molecule has 0 saturated heterocycles. The molecule has 0 saturated carbocycles. The quantitative estimate of drug-likeness (QED) is 0.713. The Morgan fingerprint density at radius 2 is 2.12 bits per heavy atom. The standard InChI is InChI=1S/C10H12N2O4S/c1-6(13)5-12-10(14)8-4-7(11)2-3-9(8)17(12,15)16/h2-4,6,13H,5,11H2,1H3. The fourth-order valence-electron chi connectivity index (χ4n) is 1.72. The number of carbonyl (C=O) groups excluding carboxylic acids is 1. The van der Waals surface area contributed by atoms with Gasteiger partial charge in [0.05, 0.1) is 18.2 Å². The second kappa shape index (κ2) is 3.71. The Morgan fingerprint density at radius 1 is 1.47 bits per heavy atom. The number of nitrogens with two attached hydrogens (primary N) is 1. The van der Waals surface area contributed by atoms with Crippen molar-refractivity contribution in [1.29, 1.82) is 0 Å². The molecule has 1 aromatic rings. The van der Waals surface area contributed by atoms with Gasteiger partial charge in [-0.3, -0.25) is 4.79 Å². The van der Waals surface area contributed by atoms with Gasteiger partial charge in [-0.25, -0.2) is 12.7 Å². The van der Waals surface area contributed by atoms with E-state index in [4.69, 9.17) is 5.73 Å². The van der Waals surface area contributed by atoms with Crippen LogP contribution in [0.3, 0.4) is 0 Å². The Morgan fingerprint density at radius 3 is 2.71 bits per heavy atom. The van der Waals surface area contributed by atoms with Crippen molar-refractivity contribution in [3.8, 4) is 0 Å². The number of hydrogen-bond donors (Lipinski definition) is 2. The highest BCUT2D eigenvalue weighted by Crippen LogP contribution is 2.31. The van der Waals surface area contributed by atoms with E-state index in [0.29, 0.717) is 9.99 Å². The molecule has 1 aliphatic heterocycles. The minimum Gasteiger partial charge on any atom is -0.399 e. The van der Waals surface area contributed by atoms with Gasteiger partial charge in [0.2, 0.25) is 0 Å². The van der Waals surface area contributed by atoms with Gasteiger partial charge < -0.3 is 10.8 Å². The van der Waals surface area contributed by atoms with Crippen LogP contribution in [0.2, 0.25) is 0 Å². The highest BCUT2D eigenvalue weighted by atomic mass is 32.2. The molecule has 7 heteroatoms. The highest BCUT2D eigenvalue weighted by Gasteiger charge is 2.41. The van der Waals surface area contributed by atoms with Gasteiger partial charge in [0, 0.05) is 5.69 Å². The number of fused-ring (bicyclic) bond motifs is 1. The summed E-state index contributed by atoms with van der Waals surface area (Å²) in [5.74, 6) is -0.645. The van der Waals surface area contributed by atoms with Crippen LogP contribution < -0.4 is 5.73 Å². The smallest absolute Gasteiger partial charge is 0.269 e. The molecule has 0 radical (unpaired) electrons. The molecule has 0 spiro atoms. The Balaban J connectivity index is 2.56. The maximum Gasteiger partial charge on any atom is 0.269 e. The summed E-state index contributed by atoms with van der Waals surface area (Å²) in [4.78, 5) is 11.8. The lowest BCUT2D eigenvalue weighted by Crippen LogP contribution is -2.35. The van der Waals surface area contributed by atoms with Gasteiger partial charge in [0.1, 0.15) is 4.90 Å². The molecule has 1 unspecified atom stereocenters. The molecule has 1 amide bonds. The lowest BCUT2D eigenvalue weighted by molar-refractivity contribution is 0.0809. The zero-order chi connectivity index (χ0) is 12.8. The molecule has 2 rings (SSSR count). The van der Waals surface area contributed by atoms with Gasteiger partial charge in [-0.2, -0.15) is 0 Å². The lowest BCUT2D eigenvalue weighted by Gasteiger charge is -2.16. The summed E-state index contributed by atoms with van der Waals surface area (Å²) in [6.45, 7) is 1.16. The Labute approximate surface area is 98.7 Å². The van der Waals surface area contributed by atoms with Crippen LogP contribution in [-0.2, 0) is 10.0 Å². The maximum atomic E-state index is 12.0. The summed E-state index contributed by atoms with van der Waals surface area (Å²) in [6.07, 6.45) is -0.916. The summed E-state index contributed by atoms with van der Waals surface area (Å²) >= 11 is 0. The molecule has 1 aliphatic rings. The molecular formula is C10H12N2O4S. The Hall–Kier alpha value is -1.60. The molecule has 0 aromatic heterocycles. The number of β-amino-alcohol motifs (C(OH)–C–C–N with tert-alkyl or cyclic N) is 1. The number of benzene rings is 1. The van der Waals surface area contributed by atoms with Gasteiger partial charge >= 0.3 is 0 Å². The average Bonchev–Trinajstić information content (AvgIpc) is 2.39. The molecule has 92 valence electrons. The second-order valence-electron chi connectivity index (χ2n) is 3.95. The third-order valence-electron chi connectivity index (χ3n) is 2.46. The first-order chi connectivity index (χ1) is 7.84. The number of hydrogen-bond acceptors (Lipinski definition) is 5. The van der Waals surface area contributed by atoms with E-state index in [9.17, 15) is 18.3 Å². The van der Waals surface area contributed by atoms with Crippen molar-refractivity contribution >= 4 is 21.6 Å². The van der Waals surface area contributed by atoms with E-state index in [1.165, 1.54) is 25.1 Å². The summed E-state index contributed by atoms with van der Waals surface area (Å²) in [5.41, 5.74) is 5.90. The molecule has 6 nitrogen and oxygen atoms in total. The number of sulfonamides is 1. The lowest BCUT2D eigenvalue weighted by atomic mass is 10.2. The van der Waals surface area contributed by atoms with Crippen molar-refractivity contribution in [2.75, 3.05) is 12.3 Å². The monoisotopic (exact) mass is 256 g/mol. The number of carbonyl (C=O) groups is 1. The van der Waals surface area contributed by atoms with Crippen LogP contribution in [0.25, 0.3) is 0 Å². The van der Waals surface area contributed by atoms with E-state index in [1.54, 1.807) is 0 Å². The van der Waals surface area contributed by atoms with Gasteiger partial charge in [-0.05, 0) is 25.1 Å². The topological polar surface area (TPSA) is 101 Å². The molecule has 1 heterocycles. The summed E-state index contributed by atoms with van der Waals surface area (Å²) < 4.78 is 24.7. The maximum absolute atomic E-state index is 12.0. The second-order valence-corrected chi connectivity index (χ2v) is 5.78. The van der Waals surface area contributed by atoms with Crippen LogP contribution in [0, 0.1) is 0 Å². The fraction of sp³-hybridized carbons (Fsp3) is 0.300. The summed E-state index contributed by atoms with van der Waals surface area (Å²) in [7, 11) is -3.84. The van der Waals surface area contributed by atoms with Crippen molar-refractivity contribution in [2.45, 2.75) is 17.9 Å². The normalized spacial score (nSPS) is 19.2. The Kier molecular flexibility index (Phi) is 2.59. The fourth-order valence-corrected chi connectivity index (χ4v) is 3.35. The van der Waals surface area contributed by atoms with Crippen molar-refractivity contribution in [3.63, 3.8) is 0 Å². The van der Waals surface area contributed by atoms with Gasteiger partial charge in [0.25, 0.3) is 15.9 Å². The number of amides is 1. The minimum atomic E-state index is -3.84. The number of aliphatic hydroxyl groups is 1. The first-order valence-electron chi connectivity index (χ1n) is 4.98. The first-order valence-corrected chi connectivity index (χ1v) is 6.42. The number of rotatable bonds is 2. The van der Waals surface area contributed by atoms with E-state index in [1.807, 2.05) is 0 Å². The van der Waals surface area contributed by atoms with Gasteiger partial charge in [-0.1, -0.05) is 0 Å². The van der Waals surface area contributed by atoms with Crippen molar-refractivity contribution in [1.82, 2.24) is 4.31 Å². The predicted octanol–water partition coefficient (Wildman–Crippen LogP) is -0.206. The molecule has 1 aromatic carbocycles. The molecule has 17 heavy (non-hydrogen) atoms. The van der Waals surface area contributed by atoms with Gasteiger partial charge in [0.15, 0.2) is 0 Å². The van der Waals surface area contributed by atoms with E-state index < -0.39 is 22.0 Å². The predicted molar refractivity (Wildman–Crippen MR) is 60.8 cm³/mol. The van der Waals surface area contributed by atoms with Crippen molar-refractivity contribution in [3.05, 3.63) is 23.8 Å². The third kappa shape index (κ3) is 1.77. The number of anilines is 1. The summed E-state index contributed by atoms with van der Waals surface area (Å²) in [5, 5.41) is 9.21. The van der Waals surface area contributed by atoms with Gasteiger partial charge in [-0.15, -0.1) is 0 Å². The molecule has 3 N–H and O–H groups in total. The zero-order valence-corrected chi connectivity index (χ0v) is 9.94. The number of nitrogens with zero attached hydrogens (tertiary/aromatic N) is 1. The van der Waals surface area contributed by atoms with E-state index in [0.717, 1.165) is 0 Å². The van der Waals surface area contributed by atoms with E-state index in [-0.39, 0.29) is 17.0 Å². The molecule has 0 bridgehead atoms. The highest BCUT2D eigenvalue weighted by molar-refractivity contribution is 7.90. The number of nitrogen functional groups attached to an aromatic ring is 1. The first kappa shape index (κ1) is 11.9. The molecule has 0 fully saturated rings. The van der Waals surface area contributed by atoms with Crippen molar-refractivity contribution in [2.24, 2.45) is 0 Å². The van der Waals surface area contributed by atoms with Crippen LogP contribution in [0.4, 0.5) is 5.69 Å². The SMILES string of the molecule is CC(O)CN1C(=O)c2cc(N)ccc2S1(=O)=O. The summed E-state index contributed by atoms with van der Waals surface area (Å²) in [6, 6.07) is 4.06. The zero-order valence-electron chi connectivity index (χ0n) is 9.12. The van der Waals surface area contributed by atoms with E-state index >= 15 is 0 Å². The Bertz CT molecular complexity index is 580. The number of aliphatic hydroxyl groups excluding tert-OH is 1. The average molecular weight is 256 g/mol. The molecule has 1 atom stereocenters. The van der Waals surface area contributed by atoms with Crippen LogP contribution in [0.15, 0.2) is 23.1 Å². The molecule has 0 aliphatic carbocycles. The van der Waals surface area contributed by atoms with Crippen LogP contribution in [0.5, 0.6) is 0 Å². The van der Waals surface area contributed by atoms with Crippen molar-refractivity contribution < 1.29 is 18.3 Å². The molecular weight excluding hydrogens is 244 g/mol. The third-order valence-corrected chi connectivity index (χ3v) is 4.27. The van der Waals surface area contributed by atoms with E-state index in [2.05, 4.69) is 0 Å². The van der Waals surface area contributed by atoms with Crippen LogP contribution >= 0.6 is 0 Å². The minimum absolute atomic E-state index is 0.0580.